The molecule has 0 unspecified atom stereocenters. The standard InChI is InChI=1S/C22H26N4O3S2/c1-2-31(28,29)20-10-6-3-7-17(20)21(27)23-11-12-25-13-15-26(16-14-25)22-24-18-8-4-5-9-19(18)30-22/h3-10H,2,11-16H2,1H3,(H,23,27). The number of hydrogen-bond donors (Lipinski definition) is 1. The number of benzene rings is 2. The van der Waals surface area contributed by atoms with E-state index < -0.39 is 9.84 Å². The number of nitrogens with zero attached hydrogens (tertiary/aromatic N) is 3. The maximum Gasteiger partial charge on any atom is 0.252 e. The van der Waals surface area contributed by atoms with Crippen LogP contribution in [0.4, 0.5) is 5.13 Å². The number of sulfone groups is 1. The Bertz CT molecular complexity index is 1140. The van der Waals surface area contributed by atoms with Crippen molar-refractivity contribution in [1.82, 2.24) is 15.2 Å². The number of anilines is 1. The average molecular weight is 459 g/mol. The molecule has 1 saturated heterocycles. The molecule has 0 bridgehead atoms. The van der Waals surface area contributed by atoms with Gasteiger partial charge in [0, 0.05) is 39.3 Å². The maximum atomic E-state index is 12.6. The third-order valence-corrected chi connectivity index (χ3v) is 8.37. The minimum Gasteiger partial charge on any atom is -0.351 e. The first-order chi connectivity index (χ1) is 15.0. The number of aromatic nitrogens is 1. The van der Waals surface area contributed by atoms with E-state index in [0.717, 1.165) is 43.4 Å². The molecule has 164 valence electrons. The predicted octanol–water partition coefficient (Wildman–Crippen LogP) is 2.64. The van der Waals surface area contributed by atoms with Crippen molar-refractivity contribution in [2.45, 2.75) is 11.8 Å². The SMILES string of the molecule is CCS(=O)(=O)c1ccccc1C(=O)NCCN1CCN(c2nc3ccccc3s2)CC1. The molecule has 0 spiro atoms. The first kappa shape index (κ1) is 21.7. The van der Waals surface area contributed by atoms with Gasteiger partial charge in [-0.2, -0.15) is 0 Å². The lowest BCUT2D eigenvalue weighted by Crippen LogP contribution is -2.48. The number of nitrogens with one attached hydrogen (secondary N) is 1. The van der Waals surface area contributed by atoms with Gasteiger partial charge in [0.2, 0.25) is 0 Å². The molecule has 3 aromatic rings. The molecule has 9 heteroatoms. The van der Waals surface area contributed by atoms with Crippen molar-refractivity contribution >= 4 is 42.4 Å². The summed E-state index contributed by atoms with van der Waals surface area (Å²) in [5.74, 6) is -0.378. The summed E-state index contributed by atoms with van der Waals surface area (Å²) in [4.78, 5) is 22.0. The van der Waals surface area contributed by atoms with E-state index in [9.17, 15) is 13.2 Å². The van der Waals surface area contributed by atoms with Crippen LogP contribution in [0.2, 0.25) is 0 Å². The van der Waals surface area contributed by atoms with Crippen LogP contribution < -0.4 is 10.2 Å². The molecule has 1 aliphatic rings. The Morgan fingerprint density at radius 2 is 1.77 bits per heavy atom. The van der Waals surface area contributed by atoms with Crippen LogP contribution >= 0.6 is 11.3 Å². The molecule has 0 radical (unpaired) electrons. The van der Waals surface area contributed by atoms with Crippen LogP contribution in [0.25, 0.3) is 10.2 Å². The smallest absolute Gasteiger partial charge is 0.252 e. The summed E-state index contributed by atoms with van der Waals surface area (Å²) in [7, 11) is -3.44. The van der Waals surface area contributed by atoms with E-state index in [1.165, 1.54) is 10.8 Å². The van der Waals surface area contributed by atoms with Gasteiger partial charge in [-0.25, -0.2) is 13.4 Å². The number of rotatable bonds is 7. The van der Waals surface area contributed by atoms with Gasteiger partial charge < -0.3 is 10.2 Å². The van der Waals surface area contributed by atoms with Gasteiger partial charge >= 0.3 is 0 Å². The highest BCUT2D eigenvalue weighted by atomic mass is 32.2. The van der Waals surface area contributed by atoms with Crippen molar-refractivity contribution < 1.29 is 13.2 Å². The highest BCUT2D eigenvalue weighted by Crippen LogP contribution is 2.29. The Kier molecular flexibility index (Phi) is 6.54. The van der Waals surface area contributed by atoms with Crippen molar-refractivity contribution in [3.63, 3.8) is 0 Å². The predicted molar refractivity (Wildman–Crippen MR) is 125 cm³/mol. The van der Waals surface area contributed by atoms with Gasteiger partial charge in [0.15, 0.2) is 15.0 Å². The fourth-order valence-corrected chi connectivity index (χ4v) is 5.77. The largest absolute Gasteiger partial charge is 0.351 e. The fraction of sp³-hybridized carbons (Fsp3) is 0.364. The highest BCUT2D eigenvalue weighted by Gasteiger charge is 2.22. The minimum absolute atomic E-state index is 0.0315. The molecule has 1 aromatic heterocycles. The molecule has 2 aromatic carbocycles. The number of para-hydroxylation sites is 1. The summed E-state index contributed by atoms with van der Waals surface area (Å²) in [6.07, 6.45) is 0. The second kappa shape index (κ2) is 9.33. The number of carbonyl (C=O) groups is 1. The zero-order valence-electron chi connectivity index (χ0n) is 17.5. The molecule has 0 saturated carbocycles. The van der Waals surface area contributed by atoms with E-state index >= 15 is 0 Å². The second-order valence-corrected chi connectivity index (χ2v) is 10.7. The lowest BCUT2D eigenvalue weighted by atomic mass is 10.2. The summed E-state index contributed by atoms with van der Waals surface area (Å²) < 4.78 is 25.7. The zero-order chi connectivity index (χ0) is 21.8. The first-order valence-corrected chi connectivity index (χ1v) is 12.9. The van der Waals surface area contributed by atoms with E-state index in [0.29, 0.717) is 6.54 Å². The third kappa shape index (κ3) is 4.89. The number of fused-ring (bicyclic) bond motifs is 1. The van der Waals surface area contributed by atoms with E-state index in [2.05, 4.69) is 21.2 Å². The van der Waals surface area contributed by atoms with Crippen LogP contribution in [0.3, 0.4) is 0 Å². The molecule has 0 atom stereocenters. The van der Waals surface area contributed by atoms with Gasteiger partial charge in [-0.05, 0) is 24.3 Å². The van der Waals surface area contributed by atoms with Crippen LogP contribution in [0.1, 0.15) is 17.3 Å². The van der Waals surface area contributed by atoms with E-state index in [1.54, 1.807) is 36.5 Å². The zero-order valence-corrected chi connectivity index (χ0v) is 19.1. The van der Waals surface area contributed by atoms with Crippen molar-refractivity contribution in [2.24, 2.45) is 0 Å². The third-order valence-electron chi connectivity index (χ3n) is 5.49. The molecule has 0 aliphatic carbocycles. The Balaban J connectivity index is 1.28. The molecule has 31 heavy (non-hydrogen) atoms. The monoisotopic (exact) mass is 458 g/mol. The number of piperazine rings is 1. The molecule has 1 amide bonds. The molecular weight excluding hydrogens is 432 g/mol. The Hall–Kier alpha value is -2.49. The quantitative estimate of drug-likeness (QED) is 0.586. The van der Waals surface area contributed by atoms with Crippen molar-refractivity contribution in [1.29, 1.82) is 0 Å². The summed E-state index contributed by atoms with van der Waals surface area (Å²) >= 11 is 1.72. The lowest BCUT2D eigenvalue weighted by molar-refractivity contribution is 0.0944. The summed E-state index contributed by atoms with van der Waals surface area (Å²) in [6, 6.07) is 14.6. The average Bonchev–Trinajstić information content (AvgIpc) is 3.24. The number of amides is 1. The molecule has 1 aliphatic heterocycles. The molecule has 2 heterocycles. The van der Waals surface area contributed by atoms with E-state index in [1.807, 2.05) is 18.2 Å². The van der Waals surface area contributed by atoms with Crippen molar-refractivity contribution in [3.05, 3.63) is 54.1 Å². The number of carbonyl (C=O) groups excluding carboxylic acids is 1. The van der Waals surface area contributed by atoms with Crippen LogP contribution in [0, 0.1) is 0 Å². The number of thiazole rings is 1. The Labute approximate surface area is 186 Å². The van der Waals surface area contributed by atoms with Crippen LogP contribution in [-0.2, 0) is 9.84 Å². The van der Waals surface area contributed by atoms with E-state index in [4.69, 9.17) is 4.98 Å². The van der Waals surface area contributed by atoms with Crippen molar-refractivity contribution in [2.75, 3.05) is 49.9 Å². The first-order valence-electron chi connectivity index (χ1n) is 10.4. The van der Waals surface area contributed by atoms with Gasteiger partial charge in [-0.15, -0.1) is 0 Å². The maximum absolute atomic E-state index is 12.6. The Morgan fingerprint density at radius 3 is 2.52 bits per heavy atom. The minimum atomic E-state index is -3.44. The highest BCUT2D eigenvalue weighted by molar-refractivity contribution is 7.91. The molecule has 7 nitrogen and oxygen atoms in total. The van der Waals surface area contributed by atoms with Crippen LogP contribution in [0.5, 0.6) is 0 Å². The van der Waals surface area contributed by atoms with E-state index in [-0.39, 0.29) is 22.1 Å². The summed E-state index contributed by atoms with van der Waals surface area (Å²) in [5, 5.41) is 3.93. The van der Waals surface area contributed by atoms with Gasteiger partial charge in [-0.1, -0.05) is 42.5 Å². The fourth-order valence-electron chi connectivity index (χ4n) is 3.66. The molecular formula is C22H26N4O3S2. The van der Waals surface area contributed by atoms with Crippen molar-refractivity contribution in [3.8, 4) is 0 Å². The Morgan fingerprint density at radius 1 is 1.06 bits per heavy atom. The van der Waals surface area contributed by atoms with Gasteiger partial charge in [0.1, 0.15) is 0 Å². The van der Waals surface area contributed by atoms with Crippen LogP contribution in [-0.4, -0.2) is 69.2 Å². The molecule has 1 N–H and O–H groups in total. The summed E-state index contributed by atoms with van der Waals surface area (Å²) in [6.45, 7) is 6.36. The van der Waals surface area contributed by atoms with Gasteiger partial charge in [-0.3, -0.25) is 9.69 Å². The normalized spacial score (nSPS) is 15.3. The lowest BCUT2D eigenvalue weighted by Gasteiger charge is -2.34. The molecule has 4 rings (SSSR count). The topological polar surface area (TPSA) is 82.6 Å². The molecule has 1 fully saturated rings. The van der Waals surface area contributed by atoms with Gasteiger partial charge in [0.05, 0.1) is 26.4 Å². The van der Waals surface area contributed by atoms with Gasteiger partial charge in [0.25, 0.3) is 5.91 Å². The second-order valence-electron chi connectivity index (χ2n) is 7.45. The van der Waals surface area contributed by atoms with Crippen LogP contribution in [0.15, 0.2) is 53.4 Å². The summed E-state index contributed by atoms with van der Waals surface area (Å²) in [5.41, 5.74) is 1.25. The number of hydrogen-bond acceptors (Lipinski definition) is 7.